The highest BCUT2D eigenvalue weighted by molar-refractivity contribution is 7.99. The van der Waals surface area contributed by atoms with E-state index in [1.165, 1.54) is 11.8 Å². The lowest BCUT2D eigenvalue weighted by Crippen LogP contribution is -2.45. The van der Waals surface area contributed by atoms with Gasteiger partial charge >= 0.3 is 5.97 Å². The zero-order valence-corrected chi connectivity index (χ0v) is 16.5. The van der Waals surface area contributed by atoms with Crippen molar-refractivity contribution >= 4 is 34.7 Å². The topological polar surface area (TPSA) is 84.2 Å². The summed E-state index contributed by atoms with van der Waals surface area (Å²) in [6.07, 6.45) is 0.689. The second kappa shape index (κ2) is 9.07. The quantitative estimate of drug-likeness (QED) is 0.654. The fourth-order valence-corrected chi connectivity index (χ4v) is 3.57. The number of fused-ring (bicyclic) bond motifs is 1. The maximum Gasteiger partial charge on any atom is 0.326 e. The number of amides is 1. The van der Waals surface area contributed by atoms with Gasteiger partial charge in [-0.1, -0.05) is 58.0 Å². The average Bonchev–Trinajstić information content (AvgIpc) is 2.94. The summed E-state index contributed by atoms with van der Waals surface area (Å²) in [7, 11) is 0. The average molecular weight is 378 g/mol. The van der Waals surface area contributed by atoms with Gasteiger partial charge in [-0.05, 0) is 24.0 Å². The third kappa shape index (κ3) is 5.00. The summed E-state index contributed by atoms with van der Waals surface area (Å²) in [6, 6.07) is 7.05. The van der Waals surface area contributed by atoms with Crippen molar-refractivity contribution in [2.75, 3.05) is 5.75 Å². The molecule has 7 heteroatoms. The van der Waals surface area contributed by atoms with Crippen LogP contribution in [0.3, 0.4) is 0 Å². The minimum absolute atomic E-state index is 0.119. The van der Waals surface area contributed by atoms with Crippen LogP contribution >= 0.6 is 11.8 Å². The smallest absolute Gasteiger partial charge is 0.326 e. The van der Waals surface area contributed by atoms with Crippen LogP contribution in [0.25, 0.3) is 11.0 Å². The van der Waals surface area contributed by atoms with E-state index in [2.05, 4.69) is 28.7 Å². The number of carboxylic acids is 1. The number of para-hydroxylation sites is 2. The molecule has 0 aliphatic carbocycles. The molecule has 1 amide bonds. The lowest BCUT2D eigenvalue weighted by Gasteiger charge is -2.20. The number of aromatic nitrogens is 2. The Morgan fingerprint density at radius 3 is 2.58 bits per heavy atom. The predicted octanol–water partition coefficient (Wildman–Crippen LogP) is 3.40. The number of hydrogen-bond acceptors (Lipinski definition) is 4. The minimum Gasteiger partial charge on any atom is -0.480 e. The standard InChI is InChI=1S/C19H27N3O3S/c1-5-13(4)17(18(24)25)21-16(23)11-26-19-20-14-8-6-7-9-15(14)22(19)10-12(2)3/h6-9,12-13,17H,5,10-11H2,1-4H3,(H,21,23)(H,24,25)/t13-,17-/m0/s1. The van der Waals surface area contributed by atoms with Crippen molar-refractivity contribution in [3.8, 4) is 0 Å². The summed E-state index contributed by atoms with van der Waals surface area (Å²) in [6.45, 7) is 8.83. The van der Waals surface area contributed by atoms with Gasteiger partial charge in [-0.15, -0.1) is 0 Å². The number of carbonyl (C=O) groups excluding carboxylic acids is 1. The number of carbonyl (C=O) groups is 2. The molecule has 0 spiro atoms. The van der Waals surface area contributed by atoms with E-state index in [1.807, 2.05) is 38.1 Å². The van der Waals surface area contributed by atoms with Gasteiger partial charge in [0.15, 0.2) is 5.16 Å². The van der Waals surface area contributed by atoms with E-state index in [4.69, 9.17) is 0 Å². The van der Waals surface area contributed by atoms with Crippen LogP contribution in [0, 0.1) is 11.8 Å². The Balaban J connectivity index is 2.11. The number of benzene rings is 1. The summed E-state index contributed by atoms with van der Waals surface area (Å²) >= 11 is 1.34. The number of thioether (sulfide) groups is 1. The number of imidazole rings is 1. The normalized spacial score (nSPS) is 13.7. The molecular weight excluding hydrogens is 350 g/mol. The molecule has 2 atom stereocenters. The second-order valence-corrected chi connectivity index (χ2v) is 7.89. The summed E-state index contributed by atoms with van der Waals surface area (Å²) in [5, 5.41) is 12.7. The Morgan fingerprint density at radius 2 is 1.96 bits per heavy atom. The van der Waals surface area contributed by atoms with E-state index in [9.17, 15) is 14.7 Å². The lowest BCUT2D eigenvalue weighted by molar-refractivity contribution is -0.143. The highest BCUT2D eigenvalue weighted by Crippen LogP contribution is 2.25. The molecule has 0 aliphatic rings. The Hall–Kier alpha value is -2.02. The maximum absolute atomic E-state index is 12.3. The van der Waals surface area contributed by atoms with E-state index in [1.54, 1.807) is 0 Å². The van der Waals surface area contributed by atoms with Crippen molar-refractivity contribution in [3.05, 3.63) is 24.3 Å². The first kappa shape index (κ1) is 20.3. The van der Waals surface area contributed by atoms with Crippen molar-refractivity contribution in [1.29, 1.82) is 0 Å². The fourth-order valence-electron chi connectivity index (χ4n) is 2.73. The third-order valence-corrected chi connectivity index (χ3v) is 5.27. The molecule has 1 aromatic heterocycles. The first-order valence-corrected chi connectivity index (χ1v) is 9.92. The first-order valence-electron chi connectivity index (χ1n) is 8.93. The molecule has 0 radical (unpaired) electrons. The Labute approximate surface area is 158 Å². The van der Waals surface area contributed by atoms with Gasteiger partial charge in [0.25, 0.3) is 0 Å². The van der Waals surface area contributed by atoms with E-state index in [0.717, 1.165) is 22.7 Å². The van der Waals surface area contributed by atoms with Gasteiger partial charge < -0.3 is 15.0 Å². The Bertz CT molecular complexity index is 772. The molecule has 142 valence electrons. The predicted molar refractivity (Wildman–Crippen MR) is 104 cm³/mol. The fraction of sp³-hybridized carbons (Fsp3) is 0.526. The summed E-state index contributed by atoms with van der Waals surface area (Å²) in [5.41, 5.74) is 1.95. The molecule has 2 N–H and O–H groups in total. The molecule has 2 rings (SSSR count). The van der Waals surface area contributed by atoms with Gasteiger partial charge in [-0.25, -0.2) is 9.78 Å². The van der Waals surface area contributed by atoms with Crippen LogP contribution in [0.4, 0.5) is 0 Å². The zero-order chi connectivity index (χ0) is 19.3. The number of nitrogens with one attached hydrogen (secondary N) is 1. The third-order valence-electron chi connectivity index (χ3n) is 4.30. The first-order chi connectivity index (χ1) is 12.3. The zero-order valence-electron chi connectivity index (χ0n) is 15.7. The molecule has 1 heterocycles. The number of hydrogen-bond donors (Lipinski definition) is 2. The van der Waals surface area contributed by atoms with Crippen molar-refractivity contribution < 1.29 is 14.7 Å². The van der Waals surface area contributed by atoms with Crippen LogP contribution in [0.5, 0.6) is 0 Å². The van der Waals surface area contributed by atoms with Gasteiger partial charge in [-0.2, -0.15) is 0 Å². The molecule has 0 aliphatic heterocycles. The molecule has 0 saturated carbocycles. The summed E-state index contributed by atoms with van der Waals surface area (Å²) in [4.78, 5) is 28.3. The molecule has 0 bridgehead atoms. The van der Waals surface area contributed by atoms with E-state index in [0.29, 0.717) is 12.3 Å². The molecule has 1 aromatic carbocycles. The number of carboxylic acid groups (broad SMARTS) is 1. The Kier molecular flexibility index (Phi) is 7.08. The minimum atomic E-state index is -0.996. The maximum atomic E-state index is 12.3. The van der Waals surface area contributed by atoms with Gasteiger partial charge in [0, 0.05) is 6.54 Å². The van der Waals surface area contributed by atoms with Gasteiger partial charge in [-0.3, -0.25) is 4.79 Å². The number of nitrogens with zero attached hydrogens (tertiary/aromatic N) is 2. The van der Waals surface area contributed by atoms with Gasteiger partial charge in [0.1, 0.15) is 6.04 Å². The van der Waals surface area contributed by atoms with Crippen molar-refractivity contribution in [3.63, 3.8) is 0 Å². The van der Waals surface area contributed by atoms with Gasteiger partial charge in [0.05, 0.1) is 16.8 Å². The van der Waals surface area contributed by atoms with Crippen LogP contribution in [0.15, 0.2) is 29.4 Å². The molecule has 26 heavy (non-hydrogen) atoms. The molecule has 0 unspecified atom stereocenters. The number of aliphatic carboxylic acids is 1. The van der Waals surface area contributed by atoms with Crippen LogP contribution in [-0.4, -0.2) is 38.3 Å². The highest BCUT2D eigenvalue weighted by atomic mass is 32.2. The van der Waals surface area contributed by atoms with Crippen LogP contribution in [0.2, 0.25) is 0 Å². The molecule has 2 aromatic rings. The van der Waals surface area contributed by atoms with Crippen LogP contribution in [-0.2, 0) is 16.1 Å². The largest absolute Gasteiger partial charge is 0.480 e. The Morgan fingerprint density at radius 1 is 1.27 bits per heavy atom. The van der Waals surface area contributed by atoms with Crippen LogP contribution < -0.4 is 5.32 Å². The lowest BCUT2D eigenvalue weighted by atomic mass is 9.99. The monoisotopic (exact) mass is 377 g/mol. The summed E-state index contributed by atoms with van der Waals surface area (Å²) < 4.78 is 2.13. The number of rotatable bonds is 9. The van der Waals surface area contributed by atoms with Crippen LogP contribution in [0.1, 0.15) is 34.1 Å². The van der Waals surface area contributed by atoms with Crippen molar-refractivity contribution in [2.45, 2.75) is 51.9 Å². The molecule has 0 fully saturated rings. The molecular formula is C19H27N3O3S. The second-order valence-electron chi connectivity index (χ2n) is 6.95. The van der Waals surface area contributed by atoms with Gasteiger partial charge in [0.2, 0.25) is 5.91 Å². The summed E-state index contributed by atoms with van der Waals surface area (Å²) in [5.74, 6) is -0.813. The van der Waals surface area contributed by atoms with Crippen molar-refractivity contribution in [1.82, 2.24) is 14.9 Å². The molecule has 6 nitrogen and oxygen atoms in total. The van der Waals surface area contributed by atoms with E-state index < -0.39 is 12.0 Å². The van der Waals surface area contributed by atoms with Crippen molar-refractivity contribution in [2.24, 2.45) is 11.8 Å². The molecule has 0 saturated heterocycles. The SMILES string of the molecule is CC[C@H](C)[C@H](NC(=O)CSc1nc2ccccc2n1CC(C)C)C(=O)O. The highest BCUT2D eigenvalue weighted by Gasteiger charge is 2.25. The van der Waals surface area contributed by atoms with E-state index in [-0.39, 0.29) is 17.6 Å². The van der Waals surface area contributed by atoms with E-state index >= 15 is 0 Å².